The highest BCUT2D eigenvalue weighted by Gasteiger charge is 2.44. The molecule has 0 bridgehead atoms. The minimum atomic E-state index is -0.0203. The van der Waals surface area contributed by atoms with E-state index in [2.05, 4.69) is 0 Å². The quantitative estimate of drug-likeness (QED) is 0.827. The van der Waals surface area contributed by atoms with Crippen LogP contribution in [0.1, 0.15) is 29.6 Å². The van der Waals surface area contributed by atoms with Crippen molar-refractivity contribution in [2.45, 2.75) is 37.5 Å². The van der Waals surface area contributed by atoms with Gasteiger partial charge in [-0.05, 0) is 31.0 Å². The average Bonchev–Trinajstić information content (AvgIpc) is 2.99. The summed E-state index contributed by atoms with van der Waals surface area (Å²) in [5.41, 5.74) is 0.640. The number of carbonyl (C=O) groups is 1. The van der Waals surface area contributed by atoms with E-state index < -0.39 is 0 Å². The van der Waals surface area contributed by atoms with Crippen LogP contribution in [0.5, 0.6) is 11.5 Å². The van der Waals surface area contributed by atoms with Crippen molar-refractivity contribution >= 4 is 5.91 Å². The molecule has 0 spiro atoms. The van der Waals surface area contributed by atoms with Gasteiger partial charge >= 0.3 is 0 Å². The molecule has 0 unspecified atom stereocenters. The SMILES string of the molecule is CO[C@@H]1CCN(C(=O)c2ccc3c(c2)OCCCO3)[C@@H]2CCO[C@H]21. The molecule has 6 heteroatoms. The molecule has 130 valence electrons. The van der Waals surface area contributed by atoms with Crippen LogP contribution in [0.25, 0.3) is 0 Å². The van der Waals surface area contributed by atoms with E-state index in [1.165, 1.54) is 0 Å². The topological polar surface area (TPSA) is 57.2 Å². The lowest BCUT2D eigenvalue weighted by Crippen LogP contribution is -2.55. The Morgan fingerprint density at radius 3 is 2.83 bits per heavy atom. The van der Waals surface area contributed by atoms with E-state index >= 15 is 0 Å². The third-order valence-corrected chi connectivity index (χ3v) is 5.08. The van der Waals surface area contributed by atoms with Crippen LogP contribution in [0.15, 0.2) is 18.2 Å². The van der Waals surface area contributed by atoms with Gasteiger partial charge in [0.2, 0.25) is 0 Å². The zero-order valence-electron chi connectivity index (χ0n) is 13.9. The molecular formula is C18H23NO5. The number of carbonyl (C=O) groups excluding carboxylic acids is 1. The first-order valence-corrected chi connectivity index (χ1v) is 8.63. The molecule has 1 aromatic carbocycles. The average molecular weight is 333 g/mol. The van der Waals surface area contributed by atoms with Gasteiger partial charge in [-0.3, -0.25) is 4.79 Å². The Hall–Kier alpha value is -1.79. The summed E-state index contributed by atoms with van der Waals surface area (Å²) in [7, 11) is 1.71. The van der Waals surface area contributed by atoms with Crippen molar-refractivity contribution in [2.75, 3.05) is 33.5 Å². The van der Waals surface area contributed by atoms with Crippen LogP contribution >= 0.6 is 0 Å². The van der Waals surface area contributed by atoms with Crippen LogP contribution in [-0.2, 0) is 9.47 Å². The molecule has 0 N–H and O–H groups in total. The summed E-state index contributed by atoms with van der Waals surface area (Å²) >= 11 is 0. The van der Waals surface area contributed by atoms with Crippen molar-refractivity contribution in [3.8, 4) is 11.5 Å². The number of benzene rings is 1. The molecular weight excluding hydrogens is 310 g/mol. The second-order valence-corrected chi connectivity index (χ2v) is 6.46. The number of amides is 1. The van der Waals surface area contributed by atoms with Gasteiger partial charge in [-0.2, -0.15) is 0 Å². The summed E-state index contributed by atoms with van der Waals surface area (Å²) in [4.78, 5) is 15.0. The van der Waals surface area contributed by atoms with Crippen molar-refractivity contribution in [1.82, 2.24) is 4.90 Å². The third-order valence-electron chi connectivity index (χ3n) is 5.08. The summed E-state index contributed by atoms with van der Waals surface area (Å²) in [5, 5.41) is 0. The van der Waals surface area contributed by atoms with E-state index in [9.17, 15) is 4.79 Å². The second-order valence-electron chi connectivity index (χ2n) is 6.46. The maximum absolute atomic E-state index is 13.0. The summed E-state index contributed by atoms with van der Waals surface area (Å²) in [6.45, 7) is 2.63. The van der Waals surface area contributed by atoms with Crippen molar-refractivity contribution in [3.63, 3.8) is 0 Å². The zero-order valence-corrected chi connectivity index (χ0v) is 13.9. The Kier molecular flexibility index (Phi) is 4.33. The fraction of sp³-hybridized carbons (Fsp3) is 0.611. The number of nitrogens with zero attached hydrogens (tertiary/aromatic N) is 1. The van der Waals surface area contributed by atoms with Crippen LogP contribution in [0.4, 0.5) is 0 Å². The molecule has 3 aliphatic rings. The molecule has 1 aromatic rings. The molecule has 0 saturated carbocycles. The van der Waals surface area contributed by atoms with Crippen LogP contribution in [0.2, 0.25) is 0 Å². The van der Waals surface area contributed by atoms with Crippen molar-refractivity contribution in [3.05, 3.63) is 23.8 Å². The normalized spacial score (nSPS) is 29.0. The van der Waals surface area contributed by atoms with Crippen LogP contribution in [-0.4, -0.2) is 62.5 Å². The molecule has 0 aromatic heterocycles. The minimum absolute atomic E-state index is 0.0203. The number of piperidine rings is 1. The summed E-state index contributed by atoms with van der Waals surface area (Å²) < 4.78 is 22.7. The summed E-state index contributed by atoms with van der Waals surface area (Å²) in [6.07, 6.45) is 2.57. The minimum Gasteiger partial charge on any atom is -0.490 e. The lowest BCUT2D eigenvalue weighted by atomic mass is 9.94. The van der Waals surface area contributed by atoms with Gasteiger partial charge in [0.15, 0.2) is 11.5 Å². The number of rotatable bonds is 2. The Morgan fingerprint density at radius 2 is 2.00 bits per heavy atom. The lowest BCUT2D eigenvalue weighted by molar-refractivity contribution is -0.0754. The predicted octanol–water partition coefficient (Wildman–Crippen LogP) is 1.87. The molecule has 3 heterocycles. The smallest absolute Gasteiger partial charge is 0.254 e. The molecule has 1 amide bonds. The molecule has 0 aliphatic carbocycles. The number of methoxy groups -OCH3 is 1. The third kappa shape index (κ3) is 2.74. The maximum Gasteiger partial charge on any atom is 0.254 e. The number of fused-ring (bicyclic) bond motifs is 2. The van der Waals surface area contributed by atoms with Gasteiger partial charge in [-0.1, -0.05) is 0 Å². The van der Waals surface area contributed by atoms with Gasteiger partial charge < -0.3 is 23.8 Å². The van der Waals surface area contributed by atoms with Crippen molar-refractivity contribution in [2.24, 2.45) is 0 Å². The summed E-state index contributed by atoms with van der Waals surface area (Å²) in [5.74, 6) is 1.40. The van der Waals surface area contributed by atoms with E-state index in [1.807, 2.05) is 17.0 Å². The largest absolute Gasteiger partial charge is 0.490 e. The first-order valence-electron chi connectivity index (χ1n) is 8.63. The molecule has 2 saturated heterocycles. The van der Waals surface area contributed by atoms with Gasteiger partial charge in [0.05, 0.1) is 25.4 Å². The van der Waals surface area contributed by atoms with Gasteiger partial charge in [-0.25, -0.2) is 0 Å². The standard InChI is InChI=1S/C18H23NO5/c1-21-15-5-7-19(13-6-10-24-17(13)15)18(20)12-3-4-14-16(11-12)23-9-2-8-22-14/h3-4,11,13,15,17H,2,5-10H2,1H3/t13-,15-,17-/m1/s1. The zero-order chi connectivity index (χ0) is 16.5. The monoisotopic (exact) mass is 333 g/mol. The Morgan fingerprint density at radius 1 is 1.17 bits per heavy atom. The van der Waals surface area contributed by atoms with Gasteiger partial charge in [0, 0.05) is 32.2 Å². The first kappa shape index (κ1) is 15.7. The fourth-order valence-corrected chi connectivity index (χ4v) is 3.85. The molecule has 2 fully saturated rings. The highest BCUT2D eigenvalue weighted by molar-refractivity contribution is 5.95. The van der Waals surface area contributed by atoms with Crippen molar-refractivity contribution in [1.29, 1.82) is 0 Å². The Balaban J connectivity index is 1.56. The number of likely N-dealkylation sites (tertiary alicyclic amines) is 1. The van der Waals surface area contributed by atoms with E-state index in [0.717, 1.165) is 19.3 Å². The van der Waals surface area contributed by atoms with E-state index in [-0.39, 0.29) is 24.2 Å². The van der Waals surface area contributed by atoms with Crippen molar-refractivity contribution < 1.29 is 23.7 Å². The van der Waals surface area contributed by atoms with E-state index in [1.54, 1.807) is 13.2 Å². The highest BCUT2D eigenvalue weighted by Crippen LogP contribution is 2.34. The number of hydrogen-bond acceptors (Lipinski definition) is 5. The Labute approximate surface area is 141 Å². The van der Waals surface area contributed by atoms with Gasteiger partial charge in [-0.15, -0.1) is 0 Å². The molecule has 0 radical (unpaired) electrons. The maximum atomic E-state index is 13.0. The molecule has 24 heavy (non-hydrogen) atoms. The Bertz CT molecular complexity index is 619. The van der Waals surface area contributed by atoms with Crippen LogP contribution in [0.3, 0.4) is 0 Å². The van der Waals surface area contributed by atoms with Crippen LogP contribution in [0, 0.1) is 0 Å². The lowest BCUT2D eigenvalue weighted by Gasteiger charge is -2.40. The number of hydrogen-bond donors (Lipinski definition) is 0. The number of ether oxygens (including phenoxy) is 4. The van der Waals surface area contributed by atoms with Gasteiger partial charge in [0.1, 0.15) is 6.10 Å². The van der Waals surface area contributed by atoms with E-state index in [0.29, 0.717) is 43.4 Å². The summed E-state index contributed by atoms with van der Waals surface area (Å²) in [6, 6.07) is 5.55. The predicted molar refractivity (Wildman–Crippen MR) is 86.6 cm³/mol. The molecule has 4 rings (SSSR count). The second kappa shape index (κ2) is 6.61. The molecule has 3 aliphatic heterocycles. The van der Waals surface area contributed by atoms with E-state index in [4.69, 9.17) is 18.9 Å². The molecule has 3 atom stereocenters. The first-order chi connectivity index (χ1) is 11.8. The molecule has 6 nitrogen and oxygen atoms in total. The highest BCUT2D eigenvalue weighted by atomic mass is 16.5. The fourth-order valence-electron chi connectivity index (χ4n) is 3.85. The van der Waals surface area contributed by atoms with Gasteiger partial charge in [0.25, 0.3) is 5.91 Å². The van der Waals surface area contributed by atoms with Crippen LogP contribution < -0.4 is 9.47 Å².